The van der Waals surface area contributed by atoms with Gasteiger partial charge in [-0.25, -0.2) is 4.79 Å². The molecule has 0 aromatic carbocycles. The molecular formula is C9H18O4. The first-order valence-corrected chi connectivity index (χ1v) is 4.38. The van der Waals surface area contributed by atoms with E-state index in [-0.39, 0.29) is 5.92 Å². The molecule has 0 bridgehead atoms. The average molecular weight is 190 g/mol. The van der Waals surface area contributed by atoms with Gasteiger partial charge in [-0.3, -0.25) is 0 Å². The van der Waals surface area contributed by atoms with Crippen LogP contribution in [-0.2, 0) is 4.79 Å². The Labute approximate surface area is 78.2 Å². The Morgan fingerprint density at radius 2 is 1.62 bits per heavy atom. The maximum absolute atomic E-state index is 10.8. The number of aliphatic hydroxyl groups is 2. The Morgan fingerprint density at radius 3 is 1.69 bits per heavy atom. The van der Waals surface area contributed by atoms with E-state index in [0.29, 0.717) is 0 Å². The summed E-state index contributed by atoms with van der Waals surface area (Å²) in [4.78, 5) is 10.8. The zero-order chi connectivity index (χ0) is 10.8. The third-order valence-corrected chi connectivity index (χ3v) is 2.31. The van der Waals surface area contributed by atoms with Crippen LogP contribution in [0.25, 0.3) is 0 Å². The fourth-order valence-corrected chi connectivity index (χ4v) is 1.22. The van der Waals surface area contributed by atoms with Crippen LogP contribution in [0, 0.1) is 11.8 Å². The first-order valence-electron chi connectivity index (χ1n) is 4.38. The minimum Gasteiger partial charge on any atom is -0.479 e. The van der Waals surface area contributed by atoms with Crippen molar-refractivity contribution in [3.63, 3.8) is 0 Å². The van der Waals surface area contributed by atoms with Crippen LogP contribution in [0.3, 0.4) is 0 Å². The number of hydrogen-bond acceptors (Lipinski definition) is 3. The van der Waals surface area contributed by atoms with Gasteiger partial charge in [-0.1, -0.05) is 27.7 Å². The van der Waals surface area contributed by atoms with Crippen LogP contribution < -0.4 is 0 Å². The molecule has 0 aliphatic rings. The Kier molecular flexibility index (Phi) is 3.88. The predicted octanol–water partition coefficient (Wildman–Crippen LogP) is 0.475. The van der Waals surface area contributed by atoms with Gasteiger partial charge in [-0.2, -0.15) is 0 Å². The van der Waals surface area contributed by atoms with Crippen LogP contribution in [0.1, 0.15) is 27.7 Å². The van der Waals surface area contributed by atoms with E-state index in [2.05, 4.69) is 0 Å². The third kappa shape index (κ3) is 2.19. The summed E-state index contributed by atoms with van der Waals surface area (Å²) in [6.07, 6.45) is -1.25. The number of hydrogen-bond donors (Lipinski definition) is 3. The van der Waals surface area contributed by atoms with Gasteiger partial charge in [0.15, 0.2) is 5.60 Å². The molecule has 0 amide bonds. The summed E-state index contributed by atoms with van der Waals surface area (Å²) in [5, 5.41) is 28.1. The smallest absolute Gasteiger partial charge is 0.338 e. The lowest BCUT2D eigenvalue weighted by Crippen LogP contribution is -2.55. The minimum atomic E-state index is -2.05. The Morgan fingerprint density at radius 1 is 1.23 bits per heavy atom. The number of aliphatic carboxylic acids is 1. The van der Waals surface area contributed by atoms with Crippen LogP contribution in [0.5, 0.6) is 0 Å². The molecule has 2 atom stereocenters. The van der Waals surface area contributed by atoms with Gasteiger partial charge in [0.1, 0.15) is 0 Å². The molecule has 0 spiro atoms. The molecule has 78 valence electrons. The highest BCUT2D eigenvalue weighted by molar-refractivity contribution is 5.78. The highest BCUT2D eigenvalue weighted by atomic mass is 16.4. The lowest BCUT2D eigenvalue weighted by Gasteiger charge is -2.34. The van der Waals surface area contributed by atoms with Crippen molar-refractivity contribution in [2.24, 2.45) is 11.8 Å². The fraction of sp³-hybridized carbons (Fsp3) is 0.889. The summed E-state index contributed by atoms with van der Waals surface area (Å²) < 4.78 is 0. The van der Waals surface area contributed by atoms with E-state index in [1.54, 1.807) is 27.7 Å². The molecule has 0 aliphatic heterocycles. The first kappa shape index (κ1) is 12.4. The SMILES string of the molecule is CC(C)C(O)C(O)(C(=O)O)C(C)C. The van der Waals surface area contributed by atoms with Gasteiger partial charge in [0, 0.05) is 0 Å². The summed E-state index contributed by atoms with van der Waals surface area (Å²) in [6.45, 7) is 6.47. The average Bonchev–Trinajstić information content (AvgIpc) is 2.00. The molecule has 4 nitrogen and oxygen atoms in total. The van der Waals surface area contributed by atoms with Crippen LogP contribution in [0.15, 0.2) is 0 Å². The molecule has 0 radical (unpaired) electrons. The molecule has 0 aliphatic carbocycles. The second kappa shape index (κ2) is 4.07. The van der Waals surface area contributed by atoms with Gasteiger partial charge in [0.2, 0.25) is 0 Å². The highest BCUT2D eigenvalue weighted by Crippen LogP contribution is 2.26. The quantitative estimate of drug-likeness (QED) is 0.602. The third-order valence-electron chi connectivity index (χ3n) is 2.31. The van der Waals surface area contributed by atoms with E-state index in [1.807, 2.05) is 0 Å². The minimum absolute atomic E-state index is 0.288. The molecule has 0 rings (SSSR count). The van der Waals surface area contributed by atoms with Crippen LogP contribution in [0.2, 0.25) is 0 Å². The zero-order valence-electron chi connectivity index (χ0n) is 8.48. The lowest BCUT2D eigenvalue weighted by atomic mass is 9.80. The monoisotopic (exact) mass is 190 g/mol. The topological polar surface area (TPSA) is 77.8 Å². The number of rotatable bonds is 4. The van der Waals surface area contributed by atoms with E-state index >= 15 is 0 Å². The second-order valence-electron chi connectivity index (χ2n) is 3.97. The van der Waals surface area contributed by atoms with Gasteiger partial charge in [-0.05, 0) is 11.8 Å². The highest BCUT2D eigenvalue weighted by Gasteiger charge is 2.47. The van der Waals surface area contributed by atoms with Crippen molar-refractivity contribution in [2.75, 3.05) is 0 Å². The maximum Gasteiger partial charge on any atom is 0.338 e. The van der Waals surface area contributed by atoms with E-state index in [0.717, 1.165) is 0 Å². The van der Waals surface area contributed by atoms with E-state index in [4.69, 9.17) is 5.11 Å². The molecule has 2 unspecified atom stereocenters. The molecule has 0 fully saturated rings. The van der Waals surface area contributed by atoms with E-state index in [9.17, 15) is 15.0 Å². The van der Waals surface area contributed by atoms with Crippen molar-refractivity contribution in [3.05, 3.63) is 0 Å². The Hall–Kier alpha value is -0.610. The number of carboxylic acids is 1. The summed E-state index contributed by atoms with van der Waals surface area (Å²) >= 11 is 0. The van der Waals surface area contributed by atoms with Gasteiger partial charge in [0.05, 0.1) is 6.10 Å². The van der Waals surface area contributed by atoms with Crippen molar-refractivity contribution in [1.29, 1.82) is 0 Å². The summed E-state index contributed by atoms with van der Waals surface area (Å²) in [5.74, 6) is -2.19. The van der Waals surface area contributed by atoms with E-state index in [1.165, 1.54) is 0 Å². The van der Waals surface area contributed by atoms with Crippen LogP contribution in [0.4, 0.5) is 0 Å². The van der Waals surface area contributed by atoms with Crippen molar-refractivity contribution in [1.82, 2.24) is 0 Å². The maximum atomic E-state index is 10.8. The van der Waals surface area contributed by atoms with Crippen molar-refractivity contribution < 1.29 is 20.1 Å². The molecule has 4 heteroatoms. The zero-order valence-corrected chi connectivity index (χ0v) is 8.48. The number of aliphatic hydroxyl groups excluding tert-OH is 1. The predicted molar refractivity (Wildman–Crippen MR) is 48.3 cm³/mol. The molecule has 0 aromatic rings. The van der Waals surface area contributed by atoms with Crippen LogP contribution >= 0.6 is 0 Å². The molecule has 0 heterocycles. The molecule has 0 aromatic heterocycles. The van der Waals surface area contributed by atoms with Gasteiger partial charge in [0.25, 0.3) is 0 Å². The van der Waals surface area contributed by atoms with Gasteiger partial charge < -0.3 is 15.3 Å². The summed E-state index contributed by atoms with van der Waals surface area (Å²) in [6, 6.07) is 0. The van der Waals surface area contributed by atoms with Crippen molar-refractivity contribution >= 4 is 5.97 Å². The number of carboxylic acid groups (broad SMARTS) is 1. The Balaban J connectivity index is 4.90. The second-order valence-corrected chi connectivity index (χ2v) is 3.97. The summed E-state index contributed by atoms with van der Waals surface area (Å²) in [5.41, 5.74) is -2.05. The van der Waals surface area contributed by atoms with Gasteiger partial charge in [-0.15, -0.1) is 0 Å². The number of carbonyl (C=O) groups is 1. The molecular weight excluding hydrogens is 172 g/mol. The summed E-state index contributed by atoms with van der Waals surface area (Å²) in [7, 11) is 0. The normalized spacial score (nSPS) is 18.8. The molecule has 0 saturated heterocycles. The van der Waals surface area contributed by atoms with Crippen molar-refractivity contribution in [3.8, 4) is 0 Å². The molecule has 13 heavy (non-hydrogen) atoms. The molecule has 0 saturated carbocycles. The van der Waals surface area contributed by atoms with Gasteiger partial charge >= 0.3 is 5.97 Å². The first-order chi connectivity index (χ1) is 5.74. The van der Waals surface area contributed by atoms with Crippen LogP contribution in [-0.4, -0.2) is 33.0 Å². The lowest BCUT2D eigenvalue weighted by molar-refractivity contribution is -0.184. The fourth-order valence-electron chi connectivity index (χ4n) is 1.22. The van der Waals surface area contributed by atoms with Crippen molar-refractivity contribution in [2.45, 2.75) is 39.4 Å². The largest absolute Gasteiger partial charge is 0.479 e. The Bertz CT molecular complexity index is 188. The standard InChI is InChI=1S/C9H18O4/c1-5(2)7(10)9(13,6(3)4)8(11)12/h5-7,10,13H,1-4H3,(H,11,12). The van der Waals surface area contributed by atoms with E-state index < -0.39 is 23.6 Å². The molecule has 3 N–H and O–H groups in total.